The Bertz CT molecular complexity index is 560. The predicted octanol–water partition coefficient (Wildman–Crippen LogP) is 0.283. The van der Waals surface area contributed by atoms with E-state index in [0.717, 1.165) is 4.90 Å². The molecule has 0 aromatic heterocycles. The quantitative estimate of drug-likeness (QED) is 0.618. The monoisotopic (exact) mass is 297 g/mol. The summed E-state index contributed by atoms with van der Waals surface area (Å²) in [6.45, 7) is 1.16. The van der Waals surface area contributed by atoms with Crippen LogP contribution in [0.15, 0.2) is 18.2 Å². The van der Waals surface area contributed by atoms with E-state index < -0.39 is 0 Å². The first kappa shape index (κ1) is 16.1. The summed E-state index contributed by atoms with van der Waals surface area (Å²) >= 11 is 0. The first-order valence-corrected chi connectivity index (χ1v) is 5.95. The second kappa shape index (κ2) is 6.49. The number of nitrogens with zero attached hydrogens (tertiary/aromatic N) is 1. The van der Waals surface area contributed by atoms with Crippen LogP contribution in [0.1, 0.15) is 31.1 Å². The summed E-state index contributed by atoms with van der Waals surface area (Å²) in [7, 11) is 3.22. The van der Waals surface area contributed by atoms with Crippen molar-refractivity contribution in [1.29, 1.82) is 0 Å². The molecule has 1 aliphatic heterocycles. The van der Waals surface area contributed by atoms with Crippen molar-refractivity contribution in [3.63, 3.8) is 0 Å². The third-order valence-corrected chi connectivity index (χ3v) is 3.01. The van der Waals surface area contributed by atoms with E-state index in [1.165, 1.54) is 19.2 Å². The van der Waals surface area contributed by atoms with Crippen LogP contribution in [0.5, 0.6) is 0 Å². The van der Waals surface area contributed by atoms with E-state index in [4.69, 9.17) is 0 Å². The van der Waals surface area contributed by atoms with Gasteiger partial charge in [-0.15, -0.1) is 12.4 Å². The lowest BCUT2D eigenvalue weighted by molar-refractivity contribution is 0.0693. The molecule has 20 heavy (non-hydrogen) atoms. The van der Waals surface area contributed by atoms with Crippen LogP contribution in [0.2, 0.25) is 0 Å². The van der Waals surface area contributed by atoms with Crippen molar-refractivity contribution >= 4 is 30.1 Å². The molecule has 0 atom stereocenters. The van der Waals surface area contributed by atoms with Crippen LogP contribution in [0.3, 0.4) is 0 Å². The van der Waals surface area contributed by atoms with Crippen LogP contribution >= 0.6 is 12.4 Å². The average Bonchev–Trinajstić information content (AvgIpc) is 2.64. The molecule has 2 rings (SSSR count). The molecule has 0 spiro atoms. The Balaban J connectivity index is 0.00000200. The van der Waals surface area contributed by atoms with Crippen molar-refractivity contribution < 1.29 is 14.4 Å². The Morgan fingerprint density at radius 3 is 2.45 bits per heavy atom. The fourth-order valence-corrected chi connectivity index (χ4v) is 1.91. The van der Waals surface area contributed by atoms with Gasteiger partial charge in [-0.25, -0.2) is 0 Å². The van der Waals surface area contributed by atoms with Crippen LogP contribution < -0.4 is 10.6 Å². The Hall–Kier alpha value is -1.92. The van der Waals surface area contributed by atoms with Crippen molar-refractivity contribution in [2.24, 2.45) is 0 Å². The van der Waals surface area contributed by atoms with Crippen molar-refractivity contribution in [2.75, 3.05) is 27.2 Å². The van der Waals surface area contributed by atoms with Gasteiger partial charge in [0.05, 0.1) is 11.1 Å². The number of rotatable bonds is 4. The lowest BCUT2D eigenvalue weighted by atomic mass is 10.1. The molecule has 0 radical (unpaired) electrons. The fraction of sp³-hybridized carbons (Fsp3) is 0.308. The zero-order valence-corrected chi connectivity index (χ0v) is 12.0. The number of carbonyl (C=O) groups excluding carboxylic acids is 3. The van der Waals surface area contributed by atoms with Crippen molar-refractivity contribution in [1.82, 2.24) is 15.5 Å². The van der Waals surface area contributed by atoms with E-state index in [0.29, 0.717) is 24.2 Å². The maximum atomic E-state index is 11.8. The number of halogens is 1. The van der Waals surface area contributed by atoms with Crippen LogP contribution in [0.25, 0.3) is 0 Å². The predicted molar refractivity (Wildman–Crippen MR) is 76.4 cm³/mol. The molecule has 0 unspecified atom stereocenters. The molecule has 0 aliphatic carbocycles. The van der Waals surface area contributed by atoms with Gasteiger partial charge in [0.2, 0.25) is 0 Å². The molecule has 3 amide bonds. The second-order valence-electron chi connectivity index (χ2n) is 4.29. The summed E-state index contributed by atoms with van der Waals surface area (Å²) in [5.74, 6) is -0.958. The molecule has 108 valence electrons. The van der Waals surface area contributed by atoms with E-state index in [1.807, 2.05) is 0 Å². The minimum atomic E-state index is -0.370. The highest BCUT2D eigenvalue weighted by Gasteiger charge is 2.33. The molecule has 1 aliphatic rings. The number of amides is 3. The first-order chi connectivity index (χ1) is 9.06. The van der Waals surface area contributed by atoms with Crippen LogP contribution in [-0.2, 0) is 0 Å². The van der Waals surface area contributed by atoms with Crippen molar-refractivity contribution in [2.45, 2.75) is 0 Å². The molecule has 1 aromatic carbocycles. The van der Waals surface area contributed by atoms with Gasteiger partial charge < -0.3 is 10.6 Å². The molecule has 1 heterocycles. The Morgan fingerprint density at radius 1 is 1.15 bits per heavy atom. The van der Waals surface area contributed by atoms with E-state index in [1.54, 1.807) is 13.1 Å². The van der Waals surface area contributed by atoms with E-state index >= 15 is 0 Å². The summed E-state index contributed by atoms with van der Waals surface area (Å²) in [6.07, 6.45) is 0. The number of hydrogen-bond donors (Lipinski definition) is 2. The standard InChI is InChI=1S/C13H15N3O3.ClH/c1-14-5-6-15-11(17)8-3-4-9-10(7-8)13(19)16(2)12(9)18;/h3-4,7,14H,5-6H2,1-2H3,(H,15,17);1H. The Labute approximate surface area is 122 Å². The summed E-state index contributed by atoms with van der Waals surface area (Å²) in [5, 5.41) is 5.63. The van der Waals surface area contributed by atoms with E-state index in [2.05, 4.69) is 10.6 Å². The third-order valence-electron chi connectivity index (χ3n) is 3.01. The molecule has 0 saturated heterocycles. The zero-order chi connectivity index (χ0) is 14.0. The van der Waals surface area contributed by atoms with Gasteiger partial charge in [-0.2, -0.15) is 0 Å². The maximum absolute atomic E-state index is 11.8. The van der Waals surface area contributed by atoms with Gasteiger partial charge in [-0.1, -0.05) is 0 Å². The summed E-state index contributed by atoms with van der Waals surface area (Å²) in [5.41, 5.74) is 1.01. The summed E-state index contributed by atoms with van der Waals surface area (Å²) in [4.78, 5) is 36.4. The largest absolute Gasteiger partial charge is 0.351 e. The van der Waals surface area contributed by atoms with E-state index in [-0.39, 0.29) is 35.7 Å². The molecular weight excluding hydrogens is 282 g/mol. The molecule has 6 nitrogen and oxygen atoms in total. The second-order valence-corrected chi connectivity index (χ2v) is 4.29. The topological polar surface area (TPSA) is 78.5 Å². The molecule has 7 heteroatoms. The molecule has 2 N–H and O–H groups in total. The van der Waals surface area contributed by atoms with Crippen molar-refractivity contribution in [3.05, 3.63) is 34.9 Å². The number of fused-ring (bicyclic) bond motifs is 1. The van der Waals surface area contributed by atoms with Gasteiger partial charge in [0.15, 0.2) is 0 Å². The highest BCUT2D eigenvalue weighted by molar-refractivity contribution is 6.21. The van der Waals surface area contributed by atoms with Gasteiger partial charge >= 0.3 is 0 Å². The zero-order valence-electron chi connectivity index (χ0n) is 11.2. The minimum Gasteiger partial charge on any atom is -0.351 e. The highest BCUT2D eigenvalue weighted by atomic mass is 35.5. The van der Waals surface area contributed by atoms with Crippen LogP contribution in [0, 0.1) is 0 Å². The number of nitrogens with one attached hydrogen (secondary N) is 2. The number of hydrogen-bond acceptors (Lipinski definition) is 4. The smallest absolute Gasteiger partial charge is 0.261 e. The summed E-state index contributed by atoms with van der Waals surface area (Å²) < 4.78 is 0. The Morgan fingerprint density at radius 2 is 1.80 bits per heavy atom. The van der Waals surface area contributed by atoms with Gasteiger partial charge in [0.25, 0.3) is 17.7 Å². The van der Waals surface area contributed by atoms with Crippen LogP contribution in [0.4, 0.5) is 0 Å². The van der Waals surface area contributed by atoms with Gasteiger partial charge in [-0.3, -0.25) is 19.3 Å². The number of imide groups is 1. The molecule has 0 fully saturated rings. The van der Waals surface area contributed by atoms with Crippen LogP contribution in [-0.4, -0.2) is 49.8 Å². The minimum absolute atomic E-state index is 0. The van der Waals surface area contributed by atoms with Crippen molar-refractivity contribution in [3.8, 4) is 0 Å². The Kier molecular flexibility index (Phi) is 5.24. The molecule has 1 aromatic rings. The number of carbonyl (C=O) groups is 3. The normalized spacial score (nSPS) is 13.0. The van der Waals surface area contributed by atoms with Gasteiger partial charge in [0, 0.05) is 25.7 Å². The average molecular weight is 298 g/mol. The summed E-state index contributed by atoms with van der Waals surface area (Å²) in [6, 6.07) is 4.54. The molecule has 0 bridgehead atoms. The third kappa shape index (κ3) is 2.81. The maximum Gasteiger partial charge on any atom is 0.261 e. The number of benzene rings is 1. The van der Waals surface area contributed by atoms with Gasteiger partial charge in [0.1, 0.15) is 0 Å². The molecular formula is C13H16ClN3O3. The fourth-order valence-electron chi connectivity index (χ4n) is 1.91. The highest BCUT2D eigenvalue weighted by Crippen LogP contribution is 2.22. The van der Waals surface area contributed by atoms with E-state index in [9.17, 15) is 14.4 Å². The number of likely N-dealkylation sites (N-methyl/N-ethyl adjacent to an activating group) is 1. The first-order valence-electron chi connectivity index (χ1n) is 5.95. The molecule has 0 saturated carbocycles. The SMILES string of the molecule is CNCCNC(=O)c1ccc2c(c1)C(=O)N(C)C2=O.Cl. The lowest BCUT2D eigenvalue weighted by Crippen LogP contribution is -2.30. The van der Waals surface area contributed by atoms with Gasteiger partial charge in [-0.05, 0) is 25.2 Å². The lowest BCUT2D eigenvalue weighted by Gasteiger charge is -2.05.